The average Bonchev–Trinajstić information content (AvgIpc) is 2.75. The molecule has 0 unspecified atom stereocenters. The monoisotopic (exact) mass is 440 g/mol. The van der Waals surface area contributed by atoms with Crippen LogP contribution in [0.3, 0.4) is 0 Å². The Morgan fingerprint density at radius 2 is 1.77 bits per heavy atom. The minimum Gasteiger partial charge on any atom is -0.492 e. The van der Waals surface area contributed by atoms with Crippen LogP contribution in [-0.4, -0.2) is 27.3 Å². The molecule has 0 fully saturated rings. The highest BCUT2D eigenvalue weighted by atomic mass is 32.2. The standard InChI is InChI=1S/C23H21FN2O4S/c1-3-30-22-10-5-4-9-21(22)26(23(27)18-7-6-8-19(24)15-18)16-25-31(28,29)20-13-11-17(2)12-14-20/h4-16H,3H2,1-2H3/b25-16+. The number of anilines is 1. The Labute approximate surface area is 180 Å². The van der Waals surface area contributed by atoms with E-state index >= 15 is 0 Å². The molecule has 3 aromatic rings. The summed E-state index contributed by atoms with van der Waals surface area (Å²) >= 11 is 0. The number of aryl methyl sites for hydroxylation is 1. The summed E-state index contributed by atoms with van der Waals surface area (Å²) in [7, 11) is -4.07. The molecule has 0 saturated heterocycles. The van der Waals surface area contributed by atoms with Crippen molar-refractivity contribution in [2.75, 3.05) is 11.5 Å². The maximum absolute atomic E-state index is 13.7. The summed E-state index contributed by atoms with van der Waals surface area (Å²) in [5, 5.41) is 0. The normalized spacial score (nSPS) is 11.5. The Bertz CT molecular complexity index is 1210. The van der Waals surface area contributed by atoms with E-state index in [1.807, 2.05) is 6.92 Å². The maximum Gasteiger partial charge on any atom is 0.283 e. The molecular formula is C23H21FN2O4S. The second kappa shape index (κ2) is 9.53. The smallest absolute Gasteiger partial charge is 0.283 e. The average molecular weight is 440 g/mol. The number of rotatable bonds is 7. The van der Waals surface area contributed by atoms with Crippen LogP contribution in [0.5, 0.6) is 5.75 Å². The zero-order chi connectivity index (χ0) is 22.4. The van der Waals surface area contributed by atoms with Gasteiger partial charge in [-0.2, -0.15) is 8.42 Å². The molecule has 0 aliphatic heterocycles. The molecule has 6 nitrogen and oxygen atoms in total. The summed E-state index contributed by atoms with van der Waals surface area (Å²) in [5.74, 6) is -0.892. The summed E-state index contributed by atoms with van der Waals surface area (Å²) in [5.41, 5.74) is 1.21. The zero-order valence-corrected chi connectivity index (χ0v) is 17.8. The van der Waals surface area contributed by atoms with Crippen LogP contribution in [0.2, 0.25) is 0 Å². The fourth-order valence-electron chi connectivity index (χ4n) is 2.80. The molecule has 31 heavy (non-hydrogen) atoms. The van der Waals surface area contributed by atoms with Gasteiger partial charge in [-0.15, -0.1) is 4.40 Å². The van der Waals surface area contributed by atoms with Gasteiger partial charge in [-0.25, -0.2) is 4.39 Å². The number of halogens is 1. The van der Waals surface area contributed by atoms with Crippen LogP contribution >= 0.6 is 0 Å². The Morgan fingerprint density at radius 1 is 1.06 bits per heavy atom. The van der Waals surface area contributed by atoms with E-state index in [0.717, 1.165) is 22.9 Å². The van der Waals surface area contributed by atoms with Gasteiger partial charge in [-0.3, -0.25) is 9.69 Å². The quantitative estimate of drug-likeness (QED) is 0.398. The van der Waals surface area contributed by atoms with Crippen LogP contribution in [0, 0.1) is 12.7 Å². The van der Waals surface area contributed by atoms with Crippen molar-refractivity contribution in [1.29, 1.82) is 0 Å². The molecule has 3 rings (SSSR count). The molecule has 0 radical (unpaired) electrons. The number of sulfonamides is 1. The highest BCUT2D eigenvalue weighted by molar-refractivity contribution is 7.90. The fourth-order valence-corrected chi connectivity index (χ4v) is 3.62. The van der Waals surface area contributed by atoms with E-state index in [-0.39, 0.29) is 16.1 Å². The summed E-state index contributed by atoms with van der Waals surface area (Å²) in [6.45, 7) is 3.95. The second-order valence-corrected chi connectivity index (χ2v) is 8.23. The number of carbonyl (C=O) groups excluding carboxylic acids is 1. The van der Waals surface area contributed by atoms with Crippen molar-refractivity contribution in [2.45, 2.75) is 18.7 Å². The Hall–Kier alpha value is -3.52. The Kier molecular flexibility index (Phi) is 6.81. The molecule has 8 heteroatoms. The van der Waals surface area contributed by atoms with Gasteiger partial charge in [0, 0.05) is 5.56 Å². The molecule has 0 bridgehead atoms. The molecule has 0 atom stereocenters. The minimum absolute atomic E-state index is 0.00871. The highest BCUT2D eigenvalue weighted by Gasteiger charge is 2.22. The first kappa shape index (κ1) is 22.2. The maximum atomic E-state index is 13.7. The Balaban J connectivity index is 2.07. The number of hydrogen-bond donors (Lipinski definition) is 0. The number of amides is 1. The Morgan fingerprint density at radius 3 is 2.45 bits per heavy atom. The lowest BCUT2D eigenvalue weighted by molar-refractivity contribution is 0.100. The summed E-state index contributed by atoms with van der Waals surface area (Å²) < 4.78 is 48.3. The molecule has 0 aliphatic rings. The first-order chi connectivity index (χ1) is 14.8. The number of ether oxygens (including phenoxy) is 1. The van der Waals surface area contributed by atoms with Crippen LogP contribution in [0.4, 0.5) is 10.1 Å². The van der Waals surface area contributed by atoms with Crippen molar-refractivity contribution in [1.82, 2.24) is 0 Å². The van der Waals surface area contributed by atoms with Crippen LogP contribution < -0.4 is 9.64 Å². The van der Waals surface area contributed by atoms with E-state index in [1.54, 1.807) is 43.3 Å². The van der Waals surface area contributed by atoms with Crippen molar-refractivity contribution in [2.24, 2.45) is 4.40 Å². The lowest BCUT2D eigenvalue weighted by Gasteiger charge is -2.20. The summed E-state index contributed by atoms with van der Waals surface area (Å²) in [6.07, 6.45) is 0.917. The number of nitrogens with zero attached hydrogens (tertiary/aromatic N) is 2. The van der Waals surface area contributed by atoms with Crippen molar-refractivity contribution < 1.29 is 22.3 Å². The fraction of sp³-hybridized carbons (Fsp3) is 0.130. The van der Waals surface area contributed by atoms with Gasteiger partial charge in [-0.05, 0) is 56.3 Å². The molecule has 1 amide bonds. The van der Waals surface area contributed by atoms with E-state index in [1.165, 1.54) is 30.3 Å². The third-order valence-electron chi connectivity index (χ3n) is 4.34. The molecule has 0 aliphatic carbocycles. The largest absolute Gasteiger partial charge is 0.492 e. The topological polar surface area (TPSA) is 76.0 Å². The van der Waals surface area contributed by atoms with Crippen LogP contribution in [0.1, 0.15) is 22.8 Å². The van der Waals surface area contributed by atoms with Crippen molar-refractivity contribution in [3.05, 3.63) is 89.7 Å². The van der Waals surface area contributed by atoms with Crippen LogP contribution in [-0.2, 0) is 10.0 Å². The summed E-state index contributed by atoms with van der Waals surface area (Å²) in [6, 6.07) is 17.9. The van der Waals surface area contributed by atoms with Gasteiger partial charge in [0.1, 0.15) is 17.9 Å². The van der Waals surface area contributed by atoms with Crippen molar-refractivity contribution in [3.63, 3.8) is 0 Å². The third-order valence-corrected chi connectivity index (χ3v) is 5.57. The molecule has 0 spiro atoms. The van der Waals surface area contributed by atoms with E-state index < -0.39 is 21.7 Å². The van der Waals surface area contributed by atoms with E-state index in [9.17, 15) is 17.6 Å². The van der Waals surface area contributed by atoms with Gasteiger partial charge in [0.15, 0.2) is 0 Å². The second-order valence-electron chi connectivity index (χ2n) is 6.60. The summed E-state index contributed by atoms with van der Waals surface area (Å²) in [4.78, 5) is 14.2. The highest BCUT2D eigenvalue weighted by Crippen LogP contribution is 2.29. The molecule has 0 saturated carbocycles. The van der Waals surface area contributed by atoms with Crippen LogP contribution in [0.15, 0.2) is 82.1 Å². The molecule has 0 N–H and O–H groups in total. The predicted molar refractivity (Wildman–Crippen MR) is 118 cm³/mol. The first-order valence-electron chi connectivity index (χ1n) is 9.50. The molecular weight excluding hydrogens is 419 g/mol. The van der Waals surface area contributed by atoms with Gasteiger partial charge in [0.05, 0.1) is 17.2 Å². The van der Waals surface area contributed by atoms with Crippen molar-refractivity contribution >= 4 is 28.0 Å². The van der Waals surface area contributed by atoms with E-state index in [0.29, 0.717) is 12.4 Å². The van der Waals surface area contributed by atoms with Gasteiger partial charge >= 0.3 is 0 Å². The van der Waals surface area contributed by atoms with E-state index in [2.05, 4.69) is 4.40 Å². The van der Waals surface area contributed by atoms with Gasteiger partial charge in [0.25, 0.3) is 15.9 Å². The zero-order valence-electron chi connectivity index (χ0n) is 17.0. The van der Waals surface area contributed by atoms with Gasteiger partial charge in [-0.1, -0.05) is 35.9 Å². The minimum atomic E-state index is -4.07. The molecule has 3 aromatic carbocycles. The molecule has 0 aromatic heterocycles. The first-order valence-corrected chi connectivity index (χ1v) is 10.9. The van der Waals surface area contributed by atoms with E-state index in [4.69, 9.17) is 4.74 Å². The number of carbonyl (C=O) groups is 1. The third kappa shape index (κ3) is 5.35. The number of para-hydroxylation sites is 2. The molecule has 0 heterocycles. The van der Waals surface area contributed by atoms with Gasteiger partial charge in [0.2, 0.25) is 0 Å². The molecule has 160 valence electrons. The number of hydrogen-bond acceptors (Lipinski definition) is 4. The number of benzene rings is 3. The van der Waals surface area contributed by atoms with Crippen molar-refractivity contribution in [3.8, 4) is 5.75 Å². The lowest BCUT2D eigenvalue weighted by Crippen LogP contribution is -2.30. The lowest BCUT2D eigenvalue weighted by atomic mass is 10.1. The SMILES string of the molecule is CCOc1ccccc1N(/C=N/S(=O)(=O)c1ccc(C)cc1)C(=O)c1cccc(F)c1. The van der Waals surface area contributed by atoms with Crippen LogP contribution in [0.25, 0.3) is 0 Å². The van der Waals surface area contributed by atoms with Gasteiger partial charge < -0.3 is 4.74 Å². The predicted octanol–water partition coefficient (Wildman–Crippen LogP) is 4.60.